The van der Waals surface area contributed by atoms with Crippen molar-refractivity contribution in [3.63, 3.8) is 0 Å². The molecule has 6 nitrogen and oxygen atoms in total. The highest BCUT2D eigenvalue weighted by Gasteiger charge is 2.21. The van der Waals surface area contributed by atoms with Gasteiger partial charge in [-0.1, -0.05) is 30.3 Å². The van der Waals surface area contributed by atoms with E-state index < -0.39 is 0 Å². The van der Waals surface area contributed by atoms with Crippen LogP contribution in [0, 0.1) is 0 Å². The van der Waals surface area contributed by atoms with E-state index >= 15 is 0 Å². The highest BCUT2D eigenvalue weighted by Crippen LogP contribution is 2.31. The maximum Gasteiger partial charge on any atom is 0.189 e. The summed E-state index contributed by atoms with van der Waals surface area (Å²) in [5, 5.41) is 3.33. The van der Waals surface area contributed by atoms with E-state index in [1.54, 1.807) is 0 Å². The summed E-state index contributed by atoms with van der Waals surface area (Å²) in [5.74, 6) is 1.42. The number of imidazole rings is 1. The van der Waals surface area contributed by atoms with E-state index in [0.29, 0.717) is 19.1 Å². The second-order valence-electron chi connectivity index (χ2n) is 6.42. The molecule has 2 heterocycles. The molecular weight excluding hydrogens is 326 g/mol. The summed E-state index contributed by atoms with van der Waals surface area (Å²) >= 11 is 0. The molecule has 1 atom stereocenters. The molecule has 0 saturated carbocycles. The van der Waals surface area contributed by atoms with Crippen LogP contribution in [0.25, 0.3) is 11.0 Å². The first kappa shape index (κ1) is 16.4. The maximum absolute atomic E-state index is 6.09. The number of nitrogens with two attached hydrogens (primary N) is 1. The summed E-state index contributed by atoms with van der Waals surface area (Å²) in [6, 6.07) is 16.4. The van der Waals surface area contributed by atoms with Gasteiger partial charge >= 0.3 is 0 Å². The van der Waals surface area contributed by atoms with Crippen molar-refractivity contribution in [2.24, 2.45) is 10.7 Å². The van der Waals surface area contributed by atoms with Crippen molar-refractivity contribution >= 4 is 17.0 Å². The van der Waals surface area contributed by atoms with Crippen molar-refractivity contribution in [2.75, 3.05) is 13.2 Å². The Morgan fingerprint density at radius 1 is 1.23 bits per heavy atom. The van der Waals surface area contributed by atoms with Gasteiger partial charge in [-0.05, 0) is 24.6 Å². The normalized spacial score (nSPS) is 16.9. The molecule has 26 heavy (non-hydrogen) atoms. The molecule has 4 rings (SSSR count). The molecule has 0 spiro atoms. The lowest BCUT2D eigenvalue weighted by atomic mass is 10.0. The highest BCUT2D eigenvalue weighted by atomic mass is 16.5. The molecule has 0 aliphatic carbocycles. The molecule has 0 radical (unpaired) electrons. The molecule has 6 heteroatoms. The van der Waals surface area contributed by atoms with Gasteiger partial charge in [-0.25, -0.2) is 4.98 Å². The lowest BCUT2D eigenvalue weighted by Gasteiger charge is -2.26. The Morgan fingerprint density at radius 2 is 2.08 bits per heavy atom. The third kappa shape index (κ3) is 3.49. The second kappa shape index (κ2) is 7.47. The van der Waals surface area contributed by atoms with E-state index in [-0.39, 0.29) is 6.04 Å². The lowest BCUT2D eigenvalue weighted by Crippen LogP contribution is -2.37. The minimum Gasteiger partial charge on any atom is -0.493 e. The van der Waals surface area contributed by atoms with E-state index in [0.717, 1.165) is 41.7 Å². The number of benzene rings is 2. The van der Waals surface area contributed by atoms with Crippen LogP contribution in [0.3, 0.4) is 0 Å². The molecule has 0 bridgehead atoms. The van der Waals surface area contributed by atoms with Crippen LogP contribution in [0.1, 0.15) is 24.4 Å². The van der Waals surface area contributed by atoms with Crippen molar-refractivity contribution in [1.82, 2.24) is 14.9 Å². The fraction of sp³-hybridized carbons (Fsp3) is 0.300. The van der Waals surface area contributed by atoms with Crippen molar-refractivity contribution in [1.29, 1.82) is 0 Å². The van der Waals surface area contributed by atoms with Gasteiger partial charge in [-0.2, -0.15) is 0 Å². The molecule has 0 saturated heterocycles. The van der Waals surface area contributed by atoms with Gasteiger partial charge < -0.3 is 20.4 Å². The Bertz CT molecular complexity index is 917. The van der Waals surface area contributed by atoms with Crippen LogP contribution < -0.4 is 15.8 Å². The standard InChI is InChI=1S/C20H23N5O/c21-20(24-16-10-13-26-19-9-4-1-6-15(16)19)22-11-5-12-25-14-23-17-7-2-3-8-18(17)25/h1-4,6-9,14,16H,5,10-13H2,(H3,21,22,24). The summed E-state index contributed by atoms with van der Waals surface area (Å²) in [5.41, 5.74) is 9.41. The number of rotatable bonds is 5. The molecule has 0 amide bonds. The van der Waals surface area contributed by atoms with E-state index in [1.807, 2.05) is 42.7 Å². The minimum atomic E-state index is 0.154. The van der Waals surface area contributed by atoms with Gasteiger partial charge in [-0.15, -0.1) is 0 Å². The number of nitrogens with zero attached hydrogens (tertiary/aromatic N) is 3. The van der Waals surface area contributed by atoms with Crippen LogP contribution in [-0.2, 0) is 6.54 Å². The number of ether oxygens (including phenoxy) is 1. The van der Waals surface area contributed by atoms with Crippen LogP contribution in [0.4, 0.5) is 0 Å². The van der Waals surface area contributed by atoms with E-state index in [2.05, 4.69) is 32.0 Å². The maximum atomic E-state index is 6.09. The first-order valence-corrected chi connectivity index (χ1v) is 8.99. The van der Waals surface area contributed by atoms with Gasteiger partial charge in [0.2, 0.25) is 0 Å². The third-order valence-electron chi connectivity index (χ3n) is 4.65. The Kier molecular flexibility index (Phi) is 4.73. The van der Waals surface area contributed by atoms with Gasteiger partial charge in [0.05, 0.1) is 30.0 Å². The van der Waals surface area contributed by atoms with Gasteiger partial charge in [0, 0.05) is 25.1 Å². The van der Waals surface area contributed by atoms with Gasteiger partial charge in [-0.3, -0.25) is 4.99 Å². The van der Waals surface area contributed by atoms with Gasteiger partial charge in [0.1, 0.15) is 5.75 Å². The summed E-state index contributed by atoms with van der Waals surface area (Å²) in [6.45, 7) is 2.24. The molecule has 1 aliphatic rings. The molecular formula is C20H23N5O. The summed E-state index contributed by atoms with van der Waals surface area (Å²) in [7, 11) is 0. The second-order valence-corrected chi connectivity index (χ2v) is 6.42. The Morgan fingerprint density at radius 3 is 3.04 bits per heavy atom. The third-order valence-corrected chi connectivity index (χ3v) is 4.65. The average molecular weight is 349 g/mol. The van der Waals surface area contributed by atoms with Crippen molar-refractivity contribution in [2.45, 2.75) is 25.4 Å². The van der Waals surface area contributed by atoms with Crippen LogP contribution in [0.5, 0.6) is 5.75 Å². The minimum absolute atomic E-state index is 0.154. The van der Waals surface area contributed by atoms with Crippen LogP contribution in [0.2, 0.25) is 0 Å². The number of hydrogen-bond donors (Lipinski definition) is 2. The molecule has 1 aromatic heterocycles. The Balaban J connectivity index is 1.32. The predicted molar refractivity (Wildman–Crippen MR) is 103 cm³/mol. The molecule has 1 unspecified atom stereocenters. The average Bonchev–Trinajstić information content (AvgIpc) is 3.09. The highest BCUT2D eigenvalue weighted by molar-refractivity contribution is 5.78. The fourth-order valence-electron chi connectivity index (χ4n) is 3.35. The molecule has 1 aliphatic heterocycles. The molecule has 3 aromatic rings. The van der Waals surface area contributed by atoms with Crippen LogP contribution >= 0.6 is 0 Å². The zero-order chi connectivity index (χ0) is 17.8. The van der Waals surface area contributed by atoms with Crippen LogP contribution in [-0.4, -0.2) is 28.7 Å². The SMILES string of the molecule is NC(=NCCCn1cnc2ccccc21)NC1CCOc2ccccc21. The number of fused-ring (bicyclic) bond motifs is 2. The number of aliphatic imine (C=N–C) groups is 1. The summed E-state index contributed by atoms with van der Waals surface area (Å²) in [6.07, 6.45) is 3.68. The largest absolute Gasteiger partial charge is 0.493 e. The first-order chi connectivity index (χ1) is 12.8. The van der Waals surface area contributed by atoms with Crippen molar-refractivity contribution in [3.8, 4) is 5.75 Å². The monoisotopic (exact) mass is 349 g/mol. The molecule has 3 N–H and O–H groups in total. The first-order valence-electron chi connectivity index (χ1n) is 8.99. The Labute approximate surface area is 152 Å². The number of guanidine groups is 1. The van der Waals surface area contributed by atoms with Gasteiger partial charge in [0.25, 0.3) is 0 Å². The van der Waals surface area contributed by atoms with E-state index in [4.69, 9.17) is 10.5 Å². The molecule has 134 valence electrons. The number of aromatic nitrogens is 2. The lowest BCUT2D eigenvalue weighted by molar-refractivity contribution is 0.262. The van der Waals surface area contributed by atoms with Crippen LogP contribution in [0.15, 0.2) is 59.9 Å². The number of aryl methyl sites for hydroxylation is 1. The Hall–Kier alpha value is -3.02. The smallest absolute Gasteiger partial charge is 0.189 e. The zero-order valence-corrected chi connectivity index (χ0v) is 14.6. The van der Waals surface area contributed by atoms with Gasteiger partial charge in [0.15, 0.2) is 5.96 Å². The van der Waals surface area contributed by atoms with E-state index in [1.165, 1.54) is 0 Å². The molecule has 2 aromatic carbocycles. The fourth-order valence-corrected chi connectivity index (χ4v) is 3.35. The van der Waals surface area contributed by atoms with Crippen molar-refractivity contribution < 1.29 is 4.74 Å². The van der Waals surface area contributed by atoms with Crippen molar-refractivity contribution in [3.05, 3.63) is 60.4 Å². The number of para-hydroxylation sites is 3. The number of hydrogen-bond acceptors (Lipinski definition) is 3. The summed E-state index contributed by atoms with van der Waals surface area (Å²) < 4.78 is 7.84. The quantitative estimate of drug-likeness (QED) is 0.422. The zero-order valence-electron chi connectivity index (χ0n) is 14.6. The van der Waals surface area contributed by atoms with E-state index in [9.17, 15) is 0 Å². The number of nitrogens with one attached hydrogen (secondary N) is 1. The predicted octanol–water partition coefficient (Wildman–Crippen LogP) is 2.85. The topological polar surface area (TPSA) is 77.5 Å². The molecule has 0 fully saturated rings. The summed E-state index contributed by atoms with van der Waals surface area (Å²) in [4.78, 5) is 8.89.